The van der Waals surface area contributed by atoms with E-state index < -0.39 is 16.6 Å². The Morgan fingerprint density at radius 2 is 1.15 bits per heavy atom. The largest absolute Gasteiger partial charge is 3.00 e. The molecule has 0 aliphatic rings. The Balaban J connectivity index is -0.0000000231. The molecule has 0 atom stereocenters. The van der Waals surface area contributed by atoms with Crippen molar-refractivity contribution in [2.75, 3.05) is 0 Å². The number of rotatable bonds is 0. The fourth-order valence-corrected chi connectivity index (χ4v) is 0. The third-order valence-electron chi connectivity index (χ3n) is 0. The van der Waals surface area contributed by atoms with Gasteiger partial charge in [-0.25, -0.2) is 0 Å². The molecule has 0 unspecified atom stereocenters. The molecule has 0 aromatic rings. The molecule has 0 saturated heterocycles. The number of carboxylic acid groups (broad SMARTS) is 1. The summed E-state index contributed by atoms with van der Waals surface area (Å²) in [6.45, 7) is -0.500. The normalized spacial score (nSPS) is 4.62. The van der Waals surface area contributed by atoms with Crippen LogP contribution in [0.4, 0.5) is 0 Å². The molecule has 12 heteroatoms. The Labute approximate surface area is 111 Å². The van der Waals surface area contributed by atoms with Crippen LogP contribution in [0.15, 0.2) is 0 Å². The number of carbonyl (C=O) groups is 1. The number of hydrogen-bond donors (Lipinski definition) is 1. The molecule has 0 saturated carbocycles. The van der Waals surface area contributed by atoms with Crippen LogP contribution in [0.2, 0.25) is 0 Å². The van der Waals surface area contributed by atoms with Crippen molar-refractivity contribution < 1.29 is 80.4 Å². The van der Waals surface area contributed by atoms with Gasteiger partial charge < -0.3 is 30.4 Å². The van der Waals surface area contributed by atoms with Crippen molar-refractivity contribution in [1.82, 2.24) is 0 Å². The van der Waals surface area contributed by atoms with Gasteiger partial charge in [0.05, 0.1) is 5.09 Å². The molecule has 0 spiro atoms. The molecule has 0 heterocycles. The van der Waals surface area contributed by atoms with E-state index in [4.69, 9.17) is 40.5 Å². The van der Waals surface area contributed by atoms with Crippen LogP contribution in [0.1, 0.15) is 0 Å². The van der Waals surface area contributed by atoms with Crippen LogP contribution in [0.25, 0.3) is 0 Å². The maximum Gasteiger partial charge on any atom is 3.00 e. The van der Waals surface area contributed by atoms with Gasteiger partial charge in [0.25, 0.3) is 5.09 Å². The summed E-state index contributed by atoms with van der Waals surface area (Å²) in [5.41, 5.74) is 0. The van der Waals surface area contributed by atoms with Crippen molar-refractivity contribution in [3.05, 3.63) is 25.4 Å². The summed E-state index contributed by atoms with van der Waals surface area (Å²) < 4.78 is 0. The molecule has 71 valence electrons. The third-order valence-corrected chi connectivity index (χ3v) is 0. The average molecular weight is 410 g/mol. The summed E-state index contributed by atoms with van der Waals surface area (Å²) in [6, 6.07) is 0. The van der Waals surface area contributed by atoms with Gasteiger partial charge in [0.1, 0.15) is 0 Å². The number of hydrogen-bond acceptors (Lipinski definition) is 7. The minimum atomic E-state index is -1.75. The van der Waals surface area contributed by atoms with E-state index in [1.54, 1.807) is 0 Å². The zero-order valence-electron chi connectivity index (χ0n) is 5.71. The van der Waals surface area contributed by atoms with Crippen LogP contribution in [-0.2, 0) is 24.3 Å². The predicted molar refractivity (Wildman–Crippen MR) is 25.2 cm³/mol. The van der Waals surface area contributed by atoms with Gasteiger partial charge >= 0.3 is 55.1 Å². The first-order chi connectivity index (χ1) is 4.88. The van der Waals surface area contributed by atoms with Crippen LogP contribution < -0.4 is 5.11 Å². The second kappa shape index (κ2) is 29.8. The van der Waals surface area contributed by atoms with E-state index >= 15 is 0 Å². The summed E-state index contributed by atoms with van der Waals surface area (Å²) in [5.74, 6) is 0. The Bertz CT molecular complexity index is 109. The van der Waals surface area contributed by atoms with E-state index in [0.29, 0.717) is 0 Å². The molecule has 0 rings (SSSR count). The SMILES string of the molecule is O=C[O-].O=[N+]([O-])O.O=[N+]([O-])[O-].[La+3].[Ru+3]. The van der Waals surface area contributed by atoms with E-state index in [1.807, 2.05) is 0 Å². The Kier molecular flexibility index (Phi) is 67.3. The van der Waals surface area contributed by atoms with Gasteiger partial charge in [-0.05, 0) is 0 Å². The van der Waals surface area contributed by atoms with Gasteiger partial charge in [-0.3, -0.25) is 0 Å². The molecule has 0 aromatic carbocycles. The predicted octanol–water partition coefficient (Wildman–Crippen LogP) is -2.22. The van der Waals surface area contributed by atoms with Crippen molar-refractivity contribution >= 4 is 6.47 Å². The minimum absolute atomic E-state index is 0. The second-order valence-electron chi connectivity index (χ2n) is 0.558. The first-order valence-electron chi connectivity index (χ1n) is 1.58. The third kappa shape index (κ3) is 11300. The van der Waals surface area contributed by atoms with Crippen LogP contribution in [-0.4, -0.2) is 21.9 Å². The fraction of sp³-hybridized carbons (Fsp3) is 0. The summed E-state index contributed by atoms with van der Waals surface area (Å²) in [7, 11) is 0. The van der Waals surface area contributed by atoms with Gasteiger partial charge in [-0.15, -0.1) is 10.1 Å². The average Bonchev–Trinajstić information content (AvgIpc) is 1.60. The first kappa shape index (κ1) is 29.3. The van der Waals surface area contributed by atoms with Gasteiger partial charge in [0.2, 0.25) is 0 Å². The molecule has 0 aliphatic heterocycles. The minimum Gasteiger partial charge on any atom is -0.554 e. The van der Waals surface area contributed by atoms with Crippen molar-refractivity contribution in [2.24, 2.45) is 0 Å². The second-order valence-corrected chi connectivity index (χ2v) is 0.558. The molecule has 0 bridgehead atoms. The van der Waals surface area contributed by atoms with E-state index in [1.165, 1.54) is 0 Å². The molecule has 0 amide bonds. The summed E-state index contributed by atoms with van der Waals surface area (Å²) in [6.07, 6.45) is 0. The van der Waals surface area contributed by atoms with Crippen molar-refractivity contribution in [1.29, 1.82) is 0 Å². The maximum atomic E-state index is 8.36. The zero-order chi connectivity index (χ0) is 9.86. The van der Waals surface area contributed by atoms with Crippen molar-refractivity contribution in [3.63, 3.8) is 0 Å². The number of nitrogens with zero attached hydrogens (tertiary/aromatic N) is 2. The van der Waals surface area contributed by atoms with E-state index in [2.05, 4.69) is 0 Å². The fourth-order valence-electron chi connectivity index (χ4n) is 0. The molecule has 0 aromatic heterocycles. The van der Waals surface area contributed by atoms with Crippen LogP contribution in [0, 0.1) is 61.0 Å². The van der Waals surface area contributed by atoms with Crippen molar-refractivity contribution in [3.8, 4) is 0 Å². The zero-order valence-corrected chi connectivity index (χ0v) is 11.1. The molecule has 10 nitrogen and oxygen atoms in total. The molecule has 13 heavy (non-hydrogen) atoms. The summed E-state index contributed by atoms with van der Waals surface area (Å²) in [4.78, 5) is 24.9. The topological polar surface area (TPSA) is 170 Å². The Morgan fingerprint density at radius 3 is 1.15 bits per heavy atom. The Hall–Kier alpha value is -0.312. The van der Waals surface area contributed by atoms with Gasteiger partial charge in [-0.2, -0.15) is 0 Å². The van der Waals surface area contributed by atoms with E-state index in [-0.39, 0.29) is 55.1 Å². The summed E-state index contributed by atoms with van der Waals surface area (Å²) >= 11 is 0. The number of carbonyl (C=O) groups excluding carboxylic acids is 1. The van der Waals surface area contributed by atoms with Crippen LogP contribution >= 0.6 is 0 Å². The maximum absolute atomic E-state index is 8.36. The molecular weight excluding hydrogens is 408 g/mol. The van der Waals surface area contributed by atoms with Crippen LogP contribution in [0.5, 0.6) is 0 Å². The van der Waals surface area contributed by atoms with Crippen LogP contribution in [0.3, 0.4) is 0 Å². The Morgan fingerprint density at radius 1 is 1.15 bits per heavy atom. The summed E-state index contributed by atoms with van der Waals surface area (Å²) in [5, 5.41) is 36.6. The molecule has 1 radical (unpaired) electrons. The molecule has 1 N–H and O–H groups in total. The first-order valence-corrected chi connectivity index (χ1v) is 1.58. The van der Waals surface area contributed by atoms with Gasteiger partial charge in [0.15, 0.2) is 0 Å². The van der Waals surface area contributed by atoms with Gasteiger partial charge in [0, 0.05) is 6.47 Å². The standard InChI is InChI=1S/CH2O2.La.HNO3.NO3.Ru/c2-1-3;;2*2-1(3)4;/h1H,(H,2,3);;(H,2,3,4);;/q;+3;;-1;+3/p-1. The quantitative estimate of drug-likeness (QED) is 0.203. The monoisotopic (exact) mass is 411 g/mol. The van der Waals surface area contributed by atoms with Crippen molar-refractivity contribution in [2.45, 2.75) is 0 Å². The molecule has 0 aliphatic carbocycles. The molecule has 0 fully saturated rings. The van der Waals surface area contributed by atoms with E-state index in [9.17, 15) is 0 Å². The molecular formula is CH2LaN2O8Ru+4. The smallest absolute Gasteiger partial charge is 0.554 e. The van der Waals surface area contributed by atoms with E-state index in [0.717, 1.165) is 0 Å². The van der Waals surface area contributed by atoms with Gasteiger partial charge in [-0.1, -0.05) is 0 Å².